The summed E-state index contributed by atoms with van der Waals surface area (Å²) in [6.07, 6.45) is 8.95. The van der Waals surface area contributed by atoms with E-state index < -0.39 is 0 Å². The quantitative estimate of drug-likeness (QED) is 0.0437. The van der Waals surface area contributed by atoms with E-state index in [-0.39, 0.29) is 24.0 Å². The number of nitrogens with one attached hydrogen (secondary N) is 1. The third-order valence-electron chi connectivity index (χ3n) is 6.27. The van der Waals surface area contributed by atoms with Crippen LogP contribution in [0.25, 0.3) is 20.9 Å². The van der Waals surface area contributed by atoms with Crippen molar-refractivity contribution >= 4 is 18.2 Å². The molecule has 0 spiro atoms. The topological polar surface area (TPSA) is 261 Å². The Morgan fingerprint density at radius 2 is 1.42 bits per heavy atom. The van der Waals surface area contributed by atoms with E-state index in [1.807, 2.05) is 5.01 Å². The molecule has 0 aromatic carbocycles. The van der Waals surface area contributed by atoms with E-state index in [1.165, 1.54) is 14.2 Å². The van der Waals surface area contributed by atoms with Crippen LogP contribution in [-0.4, -0.2) is 113 Å². The number of nitrogens with two attached hydrogens (primary N) is 1. The number of esters is 2. The van der Waals surface area contributed by atoms with Gasteiger partial charge in [-0.3, -0.25) is 19.6 Å². The maximum absolute atomic E-state index is 11.0. The summed E-state index contributed by atoms with van der Waals surface area (Å²) in [5.74, 6) is -0.311. The van der Waals surface area contributed by atoms with E-state index in [0.717, 1.165) is 90.4 Å². The first-order valence-corrected chi connectivity index (χ1v) is 15.3. The molecule has 2 unspecified atom stereocenters. The van der Waals surface area contributed by atoms with Crippen LogP contribution in [0.1, 0.15) is 64.2 Å². The number of hydrogen-bond donors (Lipinski definition) is 2. The smallest absolute Gasteiger partial charge is 0.305 e. The lowest BCUT2D eigenvalue weighted by Gasteiger charge is -2.13. The number of azide groups is 2. The van der Waals surface area contributed by atoms with Crippen molar-refractivity contribution in [1.82, 2.24) is 15.3 Å². The molecule has 254 valence electrons. The molecule has 0 amide bonds. The van der Waals surface area contributed by atoms with Gasteiger partial charge in [0.2, 0.25) is 0 Å². The van der Waals surface area contributed by atoms with Crippen LogP contribution < -0.4 is 11.1 Å². The summed E-state index contributed by atoms with van der Waals surface area (Å²) >= 11 is 0. The third kappa shape index (κ3) is 25.0. The van der Waals surface area contributed by atoms with Gasteiger partial charge in [-0.2, -0.15) is 10.2 Å². The monoisotopic (exact) mass is 638 g/mol. The lowest BCUT2D eigenvalue weighted by Crippen LogP contribution is -2.31. The van der Waals surface area contributed by atoms with Gasteiger partial charge in [0.1, 0.15) is 18.4 Å². The Bertz CT molecular complexity index is 956. The number of unbranched alkanes of at least 4 members (excludes halogenated alkanes) is 4. The van der Waals surface area contributed by atoms with Crippen molar-refractivity contribution in [2.24, 2.45) is 36.6 Å². The van der Waals surface area contributed by atoms with Crippen molar-refractivity contribution in [2.45, 2.75) is 76.3 Å². The molecule has 0 radical (unpaired) electrons. The Morgan fingerprint density at radius 1 is 0.867 bits per heavy atom. The van der Waals surface area contributed by atoms with Crippen LogP contribution in [0.2, 0.25) is 0 Å². The van der Waals surface area contributed by atoms with Crippen molar-refractivity contribution in [3.63, 3.8) is 0 Å². The molecule has 0 aromatic rings. The minimum Gasteiger partial charge on any atom is -0.469 e. The van der Waals surface area contributed by atoms with Crippen LogP contribution in [-0.2, 0) is 23.9 Å². The predicted molar refractivity (Wildman–Crippen MR) is 167 cm³/mol. The fourth-order valence-corrected chi connectivity index (χ4v) is 3.82. The van der Waals surface area contributed by atoms with Gasteiger partial charge in [0.15, 0.2) is 0 Å². The second-order valence-electron chi connectivity index (χ2n) is 9.97. The van der Waals surface area contributed by atoms with Crippen molar-refractivity contribution in [1.29, 1.82) is 0 Å². The van der Waals surface area contributed by atoms with Gasteiger partial charge in [-0.1, -0.05) is 33.5 Å². The number of aldehydes is 1. The Kier molecular flexibility index (Phi) is 27.3. The van der Waals surface area contributed by atoms with Crippen LogP contribution in [0.15, 0.2) is 30.9 Å². The Balaban J connectivity index is 0.000000733. The highest BCUT2D eigenvalue weighted by Gasteiger charge is 2.18. The minimum atomic E-state index is -0.296. The largest absolute Gasteiger partial charge is 0.469 e. The summed E-state index contributed by atoms with van der Waals surface area (Å²) in [6.45, 7) is 6.32. The average Bonchev–Trinajstić information content (AvgIpc) is 3.72. The molecule has 19 nitrogen and oxygen atoms in total. The second kappa shape index (κ2) is 30.0. The Labute approximate surface area is 264 Å². The number of ether oxygens (including phenoxy) is 2. The van der Waals surface area contributed by atoms with Crippen molar-refractivity contribution in [3.8, 4) is 0 Å². The average molecular weight is 639 g/mol. The zero-order valence-electron chi connectivity index (χ0n) is 26.7. The van der Waals surface area contributed by atoms with E-state index in [4.69, 9.17) is 16.8 Å². The zero-order chi connectivity index (χ0) is 33.4. The fourth-order valence-electron chi connectivity index (χ4n) is 3.82. The Morgan fingerprint density at radius 3 is 1.93 bits per heavy atom. The summed E-state index contributed by atoms with van der Waals surface area (Å²) in [5, 5.41) is 29.8. The summed E-state index contributed by atoms with van der Waals surface area (Å²) in [5.41, 5.74) is 20.9. The summed E-state index contributed by atoms with van der Waals surface area (Å²) in [7, 11) is 2.81. The third-order valence-corrected chi connectivity index (χ3v) is 6.27. The van der Waals surface area contributed by atoms with Crippen LogP contribution in [0.5, 0.6) is 0 Å². The van der Waals surface area contributed by atoms with Crippen LogP contribution in [0, 0.1) is 0 Å². The molecule has 2 aliphatic rings. The van der Waals surface area contributed by atoms with Gasteiger partial charge < -0.3 is 25.3 Å². The molecule has 0 saturated carbocycles. The molecule has 45 heavy (non-hydrogen) atoms. The van der Waals surface area contributed by atoms with Gasteiger partial charge in [-0.05, 0) is 62.7 Å². The van der Waals surface area contributed by atoms with Gasteiger partial charge in [-0.15, -0.1) is 0 Å². The first-order chi connectivity index (χ1) is 21.9. The molecule has 0 fully saturated rings. The number of rotatable bonds is 22. The lowest BCUT2D eigenvalue weighted by atomic mass is 10.2. The van der Waals surface area contributed by atoms with Gasteiger partial charge in [0, 0.05) is 55.4 Å². The molecular weight excluding hydrogens is 588 g/mol. The molecule has 2 rings (SSSR count). The second-order valence-corrected chi connectivity index (χ2v) is 9.97. The molecule has 0 aliphatic carbocycles. The first kappa shape index (κ1) is 41.0. The molecule has 0 saturated heterocycles. The fraction of sp³-hybridized carbons (Fsp3) is 0.885. The molecule has 2 heterocycles. The molecule has 2 aliphatic heterocycles. The number of methoxy groups -OCH3 is 2. The highest BCUT2D eigenvalue weighted by atomic mass is 16.5. The molecule has 2 atom stereocenters. The molecule has 0 bridgehead atoms. The standard InChI is InChI=1S/C13H25N7O2.C10H17N3O3.C3H8N4/c1-22-13(21)6-3-2-4-9-20-11-12(17-19-20)10-15-7-5-8-16-18-14;1-16-10(15)5-3-2-4-6-13-7-9(8-14)11-12-13;4-2-1-3-6-7-5/h12,15H,2-11H2,1H3;8-9H,2-7H2,1H3;1-4H2. The van der Waals surface area contributed by atoms with Crippen molar-refractivity contribution in [2.75, 3.05) is 73.1 Å². The SMILES string of the molecule is COC(=O)CCCCCN1CC(C=O)N=N1.COC(=O)CCCCCN1CC(CNCCCN=[N+]=[N-])N=N1.[N-]=[N+]=NCCCN. The zero-order valence-corrected chi connectivity index (χ0v) is 26.7. The molecule has 3 N–H and O–H groups in total. The highest BCUT2D eigenvalue weighted by Crippen LogP contribution is 2.11. The molecular formula is C26H50N14O5. The van der Waals surface area contributed by atoms with Crippen LogP contribution in [0.4, 0.5) is 0 Å². The van der Waals surface area contributed by atoms with Crippen LogP contribution in [0.3, 0.4) is 0 Å². The van der Waals surface area contributed by atoms with Gasteiger partial charge in [0.05, 0.1) is 27.3 Å². The first-order valence-electron chi connectivity index (χ1n) is 15.3. The molecule has 19 heteroatoms. The predicted octanol–water partition coefficient (Wildman–Crippen LogP) is 3.68. The van der Waals surface area contributed by atoms with E-state index in [9.17, 15) is 14.4 Å². The summed E-state index contributed by atoms with van der Waals surface area (Å²) in [6, 6.07) is -0.107. The van der Waals surface area contributed by atoms with E-state index in [2.05, 4.69) is 55.5 Å². The minimum absolute atomic E-state index is 0.146. The van der Waals surface area contributed by atoms with Crippen LogP contribution >= 0.6 is 0 Å². The number of hydrogen-bond acceptors (Lipinski definition) is 15. The van der Waals surface area contributed by atoms with Gasteiger partial charge in [0.25, 0.3) is 0 Å². The Hall–Kier alpha value is -4.05. The molecule has 0 aromatic heterocycles. The maximum Gasteiger partial charge on any atom is 0.305 e. The number of carbonyl (C=O) groups is 3. The number of nitrogens with zero attached hydrogens (tertiary/aromatic N) is 12. The van der Waals surface area contributed by atoms with E-state index in [1.54, 1.807) is 5.01 Å². The highest BCUT2D eigenvalue weighted by molar-refractivity contribution is 5.69. The van der Waals surface area contributed by atoms with Gasteiger partial charge in [-0.25, -0.2) is 0 Å². The van der Waals surface area contributed by atoms with E-state index in [0.29, 0.717) is 39.0 Å². The van der Waals surface area contributed by atoms with Gasteiger partial charge >= 0.3 is 11.9 Å². The summed E-state index contributed by atoms with van der Waals surface area (Å²) < 4.78 is 9.14. The van der Waals surface area contributed by atoms with Crippen molar-refractivity contribution < 1.29 is 23.9 Å². The lowest BCUT2D eigenvalue weighted by molar-refractivity contribution is -0.141. The van der Waals surface area contributed by atoms with Crippen molar-refractivity contribution in [3.05, 3.63) is 20.9 Å². The maximum atomic E-state index is 11.0. The van der Waals surface area contributed by atoms with E-state index >= 15 is 0 Å². The summed E-state index contributed by atoms with van der Waals surface area (Å²) in [4.78, 5) is 37.4. The normalized spacial score (nSPS) is 16.0. The number of carbonyl (C=O) groups excluding carboxylic acids is 3.